The van der Waals surface area contributed by atoms with Crippen molar-refractivity contribution in [2.75, 3.05) is 19.5 Å². The van der Waals surface area contributed by atoms with E-state index in [-0.39, 0.29) is 24.6 Å². The minimum Gasteiger partial charge on any atom is -0.412 e. The number of nitrogens with one attached hydrogen (secondary N) is 1. The van der Waals surface area contributed by atoms with Crippen molar-refractivity contribution in [3.8, 4) is 0 Å². The molecule has 0 atom stereocenters. The van der Waals surface area contributed by atoms with Gasteiger partial charge in [-0.2, -0.15) is 8.42 Å². The van der Waals surface area contributed by atoms with Crippen molar-refractivity contribution < 1.29 is 28.7 Å². The van der Waals surface area contributed by atoms with Crippen LogP contribution >= 0.6 is 0 Å². The van der Waals surface area contributed by atoms with Crippen molar-refractivity contribution in [3.05, 3.63) is 72.3 Å². The molecule has 0 amide bonds. The number of aliphatic hydroxyl groups excluding tert-OH is 2. The number of rotatable bonds is 6. The maximum absolute atomic E-state index is 9.95. The second-order valence-electron chi connectivity index (χ2n) is 9.42. The molecule has 0 fully saturated rings. The molecule has 5 aromatic rings. The zero-order valence-electron chi connectivity index (χ0n) is 20.6. The van der Waals surface area contributed by atoms with E-state index in [1.807, 2.05) is 13.8 Å². The van der Waals surface area contributed by atoms with Gasteiger partial charge in [0, 0.05) is 6.54 Å². The van der Waals surface area contributed by atoms with Crippen LogP contribution in [0.4, 0.5) is 0 Å². The summed E-state index contributed by atoms with van der Waals surface area (Å²) in [4.78, 5) is 0. The molecule has 7 nitrogen and oxygen atoms in total. The van der Waals surface area contributed by atoms with Crippen LogP contribution in [0.2, 0.25) is 0 Å². The van der Waals surface area contributed by atoms with E-state index in [0.717, 1.165) is 0 Å². The summed E-state index contributed by atoms with van der Waals surface area (Å²) in [7, 11) is -3.67. The number of hydrogen-bond acceptors (Lipinski definition) is 5. The van der Waals surface area contributed by atoms with Gasteiger partial charge >= 0.3 is 0 Å². The van der Waals surface area contributed by atoms with E-state index in [1.54, 1.807) is 0 Å². The summed E-state index contributed by atoms with van der Waals surface area (Å²) >= 11 is 0. The summed E-state index contributed by atoms with van der Waals surface area (Å²) in [6.07, 6.45) is 0.715. The van der Waals surface area contributed by atoms with Crippen LogP contribution in [0.5, 0.6) is 0 Å². The zero-order chi connectivity index (χ0) is 25.4. The third-order valence-corrected chi connectivity index (χ3v) is 6.92. The molecule has 0 heterocycles. The highest BCUT2D eigenvalue weighted by molar-refractivity contribution is 7.85. The Kier molecular flexibility index (Phi) is 8.20. The van der Waals surface area contributed by atoms with Crippen LogP contribution in [0.3, 0.4) is 0 Å². The molecule has 0 aliphatic carbocycles. The van der Waals surface area contributed by atoms with Crippen LogP contribution in [-0.2, 0) is 16.7 Å². The fraction of sp³-hybridized carbons (Fsp3) is 0.286. The first kappa shape index (κ1) is 27.7. The first-order chi connectivity index (χ1) is 16.6. The predicted octanol–water partition coefficient (Wildman–Crippen LogP) is 3.89. The van der Waals surface area contributed by atoms with Gasteiger partial charge in [0.15, 0.2) is 0 Å². The van der Waals surface area contributed by atoms with E-state index in [1.165, 1.54) is 48.7 Å². The largest absolute Gasteiger partial charge is 0.412 e. The summed E-state index contributed by atoms with van der Waals surface area (Å²) in [5.41, 5.74) is 0.479. The topological polar surface area (TPSA) is 138 Å². The van der Waals surface area contributed by atoms with Crippen LogP contribution in [0.1, 0.15) is 19.4 Å². The fourth-order valence-corrected chi connectivity index (χ4v) is 4.86. The average molecular weight is 512 g/mol. The predicted molar refractivity (Wildman–Crippen MR) is 147 cm³/mol. The lowest BCUT2D eigenvalue weighted by atomic mass is 9.86. The Morgan fingerprint density at radius 1 is 0.778 bits per heavy atom. The average Bonchev–Trinajstić information content (AvgIpc) is 2.82. The molecular formula is C28H33NO6S. The molecule has 6 N–H and O–H groups in total. The van der Waals surface area contributed by atoms with Crippen molar-refractivity contribution >= 4 is 53.2 Å². The van der Waals surface area contributed by atoms with E-state index in [4.69, 9.17) is 4.55 Å². The van der Waals surface area contributed by atoms with E-state index < -0.39 is 15.7 Å². The monoisotopic (exact) mass is 511 g/mol. The summed E-state index contributed by atoms with van der Waals surface area (Å²) in [6, 6.07) is 24.0. The summed E-state index contributed by atoms with van der Waals surface area (Å²) in [5, 5.41) is 33.6. The molecule has 8 heteroatoms. The molecule has 0 saturated carbocycles. The van der Waals surface area contributed by atoms with Crippen LogP contribution in [-0.4, -0.2) is 53.7 Å². The Hall–Kier alpha value is -2.85. The SMILES string of the molecule is CC(C)C(CO)(CO)NCc1ccc2c3cccc4cccc(c5cccc1c52)c43.CS(=O)(=O)O.O. The number of aliphatic hydroxyl groups is 2. The van der Waals surface area contributed by atoms with E-state index in [9.17, 15) is 18.6 Å². The minimum atomic E-state index is -3.67. The second-order valence-corrected chi connectivity index (χ2v) is 10.9. The van der Waals surface area contributed by atoms with Gasteiger partial charge in [-0.3, -0.25) is 4.55 Å². The van der Waals surface area contributed by atoms with Crippen molar-refractivity contribution in [1.29, 1.82) is 0 Å². The fourth-order valence-electron chi connectivity index (χ4n) is 4.86. The Morgan fingerprint density at radius 3 is 1.72 bits per heavy atom. The molecule has 0 aliphatic rings. The lowest BCUT2D eigenvalue weighted by Gasteiger charge is -2.35. The maximum atomic E-state index is 9.95. The molecular weight excluding hydrogens is 478 g/mol. The lowest BCUT2D eigenvalue weighted by Crippen LogP contribution is -2.55. The maximum Gasteiger partial charge on any atom is 0.261 e. The van der Waals surface area contributed by atoms with Gasteiger partial charge in [-0.15, -0.1) is 0 Å². The molecule has 0 spiro atoms. The lowest BCUT2D eigenvalue weighted by molar-refractivity contribution is 0.0551. The molecule has 5 rings (SSSR count). The van der Waals surface area contributed by atoms with Crippen LogP contribution in [0.15, 0.2) is 66.7 Å². The highest BCUT2D eigenvalue weighted by atomic mass is 32.2. The Bertz CT molecular complexity index is 1530. The third-order valence-electron chi connectivity index (χ3n) is 6.92. The van der Waals surface area contributed by atoms with Crippen molar-refractivity contribution in [1.82, 2.24) is 5.32 Å². The molecule has 0 saturated heterocycles. The smallest absolute Gasteiger partial charge is 0.261 e. The molecule has 5 aromatic carbocycles. The van der Waals surface area contributed by atoms with Crippen molar-refractivity contribution in [2.24, 2.45) is 5.92 Å². The van der Waals surface area contributed by atoms with Gasteiger partial charge in [0.05, 0.1) is 25.0 Å². The normalized spacial score (nSPS) is 12.3. The van der Waals surface area contributed by atoms with Crippen molar-refractivity contribution in [3.63, 3.8) is 0 Å². The molecule has 36 heavy (non-hydrogen) atoms. The summed E-state index contributed by atoms with van der Waals surface area (Å²) in [5.74, 6) is 0.108. The van der Waals surface area contributed by atoms with Gasteiger partial charge in [0.2, 0.25) is 0 Å². The number of benzene rings is 5. The molecule has 0 aromatic heterocycles. The van der Waals surface area contributed by atoms with Gasteiger partial charge < -0.3 is 21.0 Å². The Labute approximate surface area is 210 Å². The van der Waals surface area contributed by atoms with Gasteiger partial charge in [-0.05, 0) is 54.6 Å². The summed E-state index contributed by atoms with van der Waals surface area (Å²) in [6.45, 7) is 4.43. The second kappa shape index (κ2) is 10.6. The molecule has 0 bridgehead atoms. The highest BCUT2D eigenvalue weighted by Gasteiger charge is 2.32. The first-order valence-electron chi connectivity index (χ1n) is 11.6. The molecule has 0 unspecified atom stereocenters. The quantitative estimate of drug-likeness (QED) is 0.155. The third kappa shape index (κ3) is 5.15. The van der Waals surface area contributed by atoms with Crippen LogP contribution in [0.25, 0.3) is 43.1 Å². The molecule has 0 aliphatic heterocycles. The Morgan fingerprint density at radius 2 is 1.22 bits per heavy atom. The van der Waals surface area contributed by atoms with Crippen LogP contribution in [0, 0.1) is 5.92 Å². The van der Waals surface area contributed by atoms with E-state index in [2.05, 4.69) is 72.0 Å². The van der Waals surface area contributed by atoms with Gasteiger partial charge in [-0.25, -0.2) is 0 Å². The van der Waals surface area contributed by atoms with Gasteiger partial charge in [0.1, 0.15) is 0 Å². The summed E-state index contributed by atoms with van der Waals surface area (Å²) < 4.78 is 25.9. The minimum absolute atomic E-state index is 0. The van der Waals surface area contributed by atoms with Gasteiger partial charge in [0.25, 0.3) is 10.1 Å². The highest BCUT2D eigenvalue weighted by Crippen LogP contribution is 2.40. The Balaban J connectivity index is 0.000000551. The zero-order valence-corrected chi connectivity index (χ0v) is 21.4. The van der Waals surface area contributed by atoms with E-state index in [0.29, 0.717) is 12.8 Å². The molecule has 192 valence electrons. The standard InChI is InChI=1S/C27H27NO2.CH4O3S.H2O/c1-17(2)27(15-29,16-30)28-14-19-12-13-24-22-10-4-7-18-6-3-9-21(25(18)22)23-11-5-8-20(19)26(23)24;1-5(2,3)4;/h3-13,17,28-30H,14-16H2,1-2H3;1H3,(H,2,3,4);1H2. The first-order valence-corrected chi connectivity index (χ1v) is 13.4. The van der Waals surface area contributed by atoms with E-state index >= 15 is 0 Å². The van der Waals surface area contributed by atoms with Crippen molar-refractivity contribution in [2.45, 2.75) is 25.9 Å². The molecule has 0 radical (unpaired) electrons. The van der Waals surface area contributed by atoms with Gasteiger partial charge in [-0.1, -0.05) is 80.6 Å². The number of hydrogen-bond donors (Lipinski definition) is 4. The number of fused-ring (bicyclic) bond motifs is 2. The van der Waals surface area contributed by atoms with Crippen LogP contribution < -0.4 is 5.32 Å².